The quantitative estimate of drug-likeness (QED) is 0.406. The van der Waals surface area contributed by atoms with Crippen molar-refractivity contribution >= 4 is 11.8 Å². The average molecular weight is 348 g/mol. The Hall–Kier alpha value is -1.88. The van der Waals surface area contributed by atoms with Crippen molar-refractivity contribution in [2.45, 2.75) is 59.4 Å². The predicted octanol–water partition coefficient (Wildman–Crippen LogP) is 3.57. The van der Waals surface area contributed by atoms with E-state index in [1.54, 1.807) is 0 Å². The van der Waals surface area contributed by atoms with Crippen LogP contribution in [0.3, 0.4) is 0 Å². The monoisotopic (exact) mass is 348 g/mol. The molecule has 0 aliphatic carbocycles. The number of hydroxylamine groups is 2. The zero-order valence-electron chi connectivity index (χ0n) is 16.0. The number of benzene rings is 1. The van der Waals surface area contributed by atoms with Gasteiger partial charge >= 0.3 is 0 Å². The van der Waals surface area contributed by atoms with Crippen LogP contribution in [-0.4, -0.2) is 28.1 Å². The molecule has 0 radical (unpaired) electrons. The number of nitrogens with two attached hydrogens (primary N) is 1. The highest BCUT2D eigenvalue weighted by molar-refractivity contribution is 5.99. The number of amides is 2. The van der Waals surface area contributed by atoms with E-state index < -0.39 is 23.8 Å². The van der Waals surface area contributed by atoms with Crippen LogP contribution in [0.25, 0.3) is 0 Å². The summed E-state index contributed by atoms with van der Waals surface area (Å²) in [6.07, 6.45) is 0.963. The third-order valence-electron chi connectivity index (χ3n) is 4.50. The molecule has 25 heavy (non-hydrogen) atoms. The Labute approximate surface area is 151 Å². The lowest BCUT2D eigenvalue weighted by atomic mass is 9.86. The second-order valence-corrected chi connectivity index (χ2v) is 7.66. The van der Waals surface area contributed by atoms with Crippen LogP contribution < -0.4 is 5.73 Å². The zero-order chi connectivity index (χ0) is 19.1. The first-order chi connectivity index (χ1) is 11.6. The van der Waals surface area contributed by atoms with E-state index in [1.807, 2.05) is 65.0 Å². The highest BCUT2D eigenvalue weighted by atomic mass is 16.5. The first kappa shape index (κ1) is 21.2. The van der Waals surface area contributed by atoms with Crippen molar-refractivity contribution in [3.05, 3.63) is 35.9 Å². The summed E-state index contributed by atoms with van der Waals surface area (Å²) < 4.78 is 0. The molecule has 2 amide bonds. The number of hydrogen-bond donors (Lipinski definition) is 2. The Balaban J connectivity index is 3.08. The van der Waals surface area contributed by atoms with Gasteiger partial charge in [0.25, 0.3) is 5.91 Å². The van der Waals surface area contributed by atoms with E-state index in [-0.39, 0.29) is 17.8 Å². The topological polar surface area (TPSA) is 83.6 Å². The minimum absolute atomic E-state index is 0.0647. The minimum Gasteiger partial charge on any atom is -0.369 e. The molecule has 1 aromatic carbocycles. The van der Waals surface area contributed by atoms with Gasteiger partial charge < -0.3 is 5.73 Å². The standard InChI is InChI=1S/C20H32N2O3/c1-13(2)11-17(19(21)23)20(24)22(25)18(12-14(3)4)15(5)16-9-7-6-8-10-16/h6-10,13-15,17-18,25H,11-12H2,1-5H3,(H2,21,23). The summed E-state index contributed by atoms with van der Waals surface area (Å²) in [6.45, 7) is 9.91. The molecule has 3 atom stereocenters. The van der Waals surface area contributed by atoms with Crippen molar-refractivity contribution in [1.29, 1.82) is 0 Å². The van der Waals surface area contributed by atoms with Crippen LogP contribution in [0.2, 0.25) is 0 Å². The third-order valence-corrected chi connectivity index (χ3v) is 4.50. The van der Waals surface area contributed by atoms with Gasteiger partial charge in [-0.15, -0.1) is 0 Å². The number of carbonyl (C=O) groups excluding carboxylic acids is 2. The highest BCUT2D eigenvalue weighted by Crippen LogP contribution is 2.28. The van der Waals surface area contributed by atoms with E-state index in [4.69, 9.17) is 5.73 Å². The van der Waals surface area contributed by atoms with E-state index in [1.165, 1.54) is 0 Å². The van der Waals surface area contributed by atoms with Crippen LogP contribution >= 0.6 is 0 Å². The summed E-state index contributed by atoms with van der Waals surface area (Å²) in [5.74, 6) is -1.93. The van der Waals surface area contributed by atoms with Crippen molar-refractivity contribution in [2.75, 3.05) is 0 Å². The summed E-state index contributed by atoms with van der Waals surface area (Å²) >= 11 is 0. The molecule has 0 heterocycles. The number of rotatable bonds is 9. The van der Waals surface area contributed by atoms with Gasteiger partial charge in [-0.3, -0.25) is 14.8 Å². The molecule has 0 saturated heterocycles. The Bertz CT molecular complexity index is 557. The summed E-state index contributed by atoms with van der Waals surface area (Å²) in [5.41, 5.74) is 6.46. The van der Waals surface area contributed by atoms with E-state index in [9.17, 15) is 14.8 Å². The fourth-order valence-electron chi connectivity index (χ4n) is 3.11. The maximum atomic E-state index is 12.8. The van der Waals surface area contributed by atoms with E-state index in [2.05, 4.69) is 0 Å². The molecule has 1 rings (SSSR count). The highest BCUT2D eigenvalue weighted by Gasteiger charge is 2.35. The Morgan fingerprint density at radius 2 is 1.52 bits per heavy atom. The van der Waals surface area contributed by atoms with Crippen molar-refractivity contribution in [3.63, 3.8) is 0 Å². The van der Waals surface area contributed by atoms with E-state index in [0.717, 1.165) is 10.6 Å². The number of carbonyl (C=O) groups is 2. The summed E-state index contributed by atoms with van der Waals surface area (Å²) in [5, 5.41) is 11.4. The maximum Gasteiger partial charge on any atom is 0.258 e. The first-order valence-electron chi connectivity index (χ1n) is 9.01. The van der Waals surface area contributed by atoms with Crippen LogP contribution in [0.5, 0.6) is 0 Å². The second kappa shape index (κ2) is 9.56. The van der Waals surface area contributed by atoms with Crippen molar-refractivity contribution < 1.29 is 14.8 Å². The van der Waals surface area contributed by atoms with Crippen LogP contribution in [-0.2, 0) is 9.59 Å². The van der Waals surface area contributed by atoms with Crippen molar-refractivity contribution in [2.24, 2.45) is 23.5 Å². The fraction of sp³-hybridized carbons (Fsp3) is 0.600. The number of nitrogens with zero attached hydrogens (tertiary/aromatic N) is 1. The zero-order valence-corrected chi connectivity index (χ0v) is 16.0. The van der Waals surface area contributed by atoms with Gasteiger partial charge in [-0.2, -0.15) is 0 Å². The average Bonchev–Trinajstić information content (AvgIpc) is 2.56. The first-order valence-corrected chi connectivity index (χ1v) is 9.01. The Morgan fingerprint density at radius 1 is 1.00 bits per heavy atom. The molecule has 0 bridgehead atoms. The summed E-state index contributed by atoms with van der Waals surface area (Å²) in [7, 11) is 0. The molecule has 5 heteroatoms. The lowest BCUT2D eigenvalue weighted by Crippen LogP contribution is -2.47. The van der Waals surface area contributed by atoms with Gasteiger partial charge in [-0.25, -0.2) is 5.06 Å². The predicted molar refractivity (Wildman–Crippen MR) is 98.9 cm³/mol. The van der Waals surface area contributed by atoms with E-state index >= 15 is 0 Å². The minimum atomic E-state index is -0.998. The van der Waals surface area contributed by atoms with Crippen LogP contribution in [0.4, 0.5) is 0 Å². The Kier molecular flexibility index (Phi) is 8.10. The van der Waals surface area contributed by atoms with Crippen molar-refractivity contribution in [1.82, 2.24) is 5.06 Å². The summed E-state index contributed by atoms with van der Waals surface area (Å²) in [4.78, 5) is 24.5. The van der Waals surface area contributed by atoms with Crippen LogP contribution in [0.1, 0.15) is 58.9 Å². The van der Waals surface area contributed by atoms with Gasteiger partial charge in [0.05, 0.1) is 6.04 Å². The lowest BCUT2D eigenvalue weighted by Gasteiger charge is -2.34. The number of primary amides is 1. The lowest BCUT2D eigenvalue weighted by molar-refractivity contribution is -0.185. The summed E-state index contributed by atoms with van der Waals surface area (Å²) in [6, 6.07) is 9.36. The van der Waals surface area contributed by atoms with Gasteiger partial charge in [-0.05, 0) is 30.2 Å². The van der Waals surface area contributed by atoms with Crippen LogP contribution in [0, 0.1) is 17.8 Å². The maximum absolute atomic E-state index is 12.8. The van der Waals surface area contributed by atoms with Gasteiger partial charge in [0, 0.05) is 5.92 Å². The van der Waals surface area contributed by atoms with Gasteiger partial charge in [0.1, 0.15) is 5.92 Å². The van der Waals surface area contributed by atoms with Crippen molar-refractivity contribution in [3.8, 4) is 0 Å². The molecule has 1 aromatic rings. The molecule has 0 spiro atoms. The van der Waals surface area contributed by atoms with Gasteiger partial charge in [0.15, 0.2) is 0 Å². The van der Waals surface area contributed by atoms with Gasteiger partial charge in [-0.1, -0.05) is 65.0 Å². The molecule has 3 unspecified atom stereocenters. The molecule has 0 saturated carbocycles. The largest absolute Gasteiger partial charge is 0.369 e. The van der Waals surface area contributed by atoms with Crippen LogP contribution in [0.15, 0.2) is 30.3 Å². The molecule has 140 valence electrons. The molecule has 5 nitrogen and oxygen atoms in total. The molecule has 0 aromatic heterocycles. The normalized spacial score (nSPS) is 15.0. The molecule has 0 fully saturated rings. The molecule has 0 aliphatic heterocycles. The smallest absolute Gasteiger partial charge is 0.258 e. The fourth-order valence-corrected chi connectivity index (χ4v) is 3.11. The Morgan fingerprint density at radius 3 is 1.96 bits per heavy atom. The van der Waals surface area contributed by atoms with E-state index in [0.29, 0.717) is 12.8 Å². The number of hydrogen-bond acceptors (Lipinski definition) is 3. The molecular formula is C20H32N2O3. The third kappa shape index (κ3) is 6.16. The van der Waals surface area contributed by atoms with Gasteiger partial charge in [0.2, 0.25) is 5.91 Å². The second-order valence-electron chi connectivity index (χ2n) is 7.66. The molecular weight excluding hydrogens is 316 g/mol. The SMILES string of the molecule is CC(C)CC(C(N)=O)C(=O)N(O)C(CC(C)C)C(C)c1ccccc1. The molecule has 3 N–H and O–H groups in total. The molecule has 0 aliphatic rings.